The number of benzene rings is 1. The molecule has 2 saturated carbocycles. The lowest BCUT2D eigenvalue weighted by Crippen LogP contribution is -2.30. The second-order valence-corrected chi connectivity index (χ2v) is 6.83. The van der Waals surface area contributed by atoms with Crippen molar-refractivity contribution in [2.45, 2.75) is 19.0 Å². The molecule has 116 valence electrons. The van der Waals surface area contributed by atoms with Crippen LogP contribution in [0.4, 0.5) is 5.69 Å². The second-order valence-electron chi connectivity index (χ2n) is 6.13. The Labute approximate surface area is 138 Å². The third kappa shape index (κ3) is 1.61. The molecule has 2 heterocycles. The predicted octanol–water partition coefficient (Wildman–Crippen LogP) is 2.22. The molecule has 4 aliphatic rings. The van der Waals surface area contributed by atoms with E-state index in [-0.39, 0.29) is 11.3 Å². The Morgan fingerprint density at radius 3 is 2.91 bits per heavy atom. The van der Waals surface area contributed by atoms with Crippen molar-refractivity contribution in [1.29, 1.82) is 0 Å². The maximum absolute atomic E-state index is 11.1. The molecule has 0 spiro atoms. The minimum absolute atomic E-state index is 0.131. The molecule has 22 heavy (non-hydrogen) atoms. The van der Waals surface area contributed by atoms with Gasteiger partial charge in [-0.25, -0.2) is 4.79 Å². The Balaban J connectivity index is 1.57. The summed E-state index contributed by atoms with van der Waals surface area (Å²) in [6.07, 6.45) is 0. The number of rotatable bonds is 4. The van der Waals surface area contributed by atoms with Crippen LogP contribution in [-0.4, -0.2) is 29.8 Å². The molecule has 1 aromatic rings. The van der Waals surface area contributed by atoms with Crippen LogP contribution in [0.5, 0.6) is 0 Å². The van der Waals surface area contributed by atoms with Crippen molar-refractivity contribution in [3.8, 4) is 0 Å². The molecule has 2 aliphatic heterocycles. The zero-order valence-electron chi connectivity index (χ0n) is 11.9. The molecular weight excluding hydrogens is 325 g/mol. The van der Waals surface area contributed by atoms with Gasteiger partial charge in [-0.15, -0.1) is 11.6 Å². The van der Waals surface area contributed by atoms with E-state index in [1.54, 1.807) is 0 Å². The monoisotopic (exact) mass is 339 g/mol. The van der Waals surface area contributed by atoms with Crippen molar-refractivity contribution in [2.75, 3.05) is 10.8 Å². The number of piperidine rings is 1. The molecule has 5 nitrogen and oxygen atoms in total. The molecule has 2 N–H and O–H groups in total. The van der Waals surface area contributed by atoms with E-state index in [1.165, 1.54) is 0 Å². The van der Waals surface area contributed by atoms with Crippen LogP contribution in [0, 0.1) is 17.3 Å². The molecule has 5 atom stereocenters. The fourth-order valence-corrected chi connectivity index (χ4v) is 4.65. The number of alkyl halides is 1. The number of anilines is 1. The lowest BCUT2D eigenvalue weighted by Gasteiger charge is -2.23. The Hall–Kier alpha value is -1.46. The van der Waals surface area contributed by atoms with Gasteiger partial charge >= 0.3 is 5.97 Å². The van der Waals surface area contributed by atoms with Crippen LogP contribution in [0.3, 0.4) is 0 Å². The first-order valence-corrected chi connectivity index (χ1v) is 8.08. The molecule has 2 aliphatic carbocycles. The van der Waals surface area contributed by atoms with Crippen molar-refractivity contribution < 1.29 is 9.63 Å². The molecule has 0 amide bonds. The lowest BCUT2D eigenvalue weighted by atomic mass is 10.0. The van der Waals surface area contributed by atoms with Gasteiger partial charge in [0.15, 0.2) is 0 Å². The standard InChI is InChI=1S/C15H15Cl2N3O2/c1-7-11-12-13(20(7)9-4-2-3-8(17)5-9)15(11,12)14(18)19-22-10(21)6-16/h2-5,7,11-13H,6H2,1H3,(H2,18,19)/t7?,11-,12-,13?,15-/m1/s1. The first kappa shape index (κ1) is 14.2. The normalized spacial score (nSPS) is 37.8. The molecule has 2 bridgehead atoms. The number of amidine groups is 1. The van der Waals surface area contributed by atoms with E-state index in [2.05, 4.69) is 23.0 Å². The number of carbonyl (C=O) groups excluding carboxylic acids is 1. The average molecular weight is 340 g/mol. The second kappa shape index (κ2) is 4.52. The highest BCUT2D eigenvalue weighted by atomic mass is 35.5. The zero-order valence-corrected chi connectivity index (χ0v) is 13.4. The molecule has 0 aromatic heterocycles. The Bertz CT molecular complexity index is 695. The first-order valence-electron chi connectivity index (χ1n) is 7.17. The summed E-state index contributed by atoms with van der Waals surface area (Å²) in [5.41, 5.74) is 7.06. The summed E-state index contributed by atoms with van der Waals surface area (Å²) in [7, 11) is 0. The summed E-state index contributed by atoms with van der Waals surface area (Å²) in [5, 5.41) is 4.52. The van der Waals surface area contributed by atoms with Gasteiger partial charge in [0.2, 0.25) is 0 Å². The van der Waals surface area contributed by atoms with Crippen LogP contribution in [-0.2, 0) is 9.63 Å². The van der Waals surface area contributed by atoms with Crippen LogP contribution >= 0.6 is 23.2 Å². The fourth-order valence-electron chi connectivity index (χ4n) is 4.41. The number of carbonyl (C=O) groups is 1. The summed E-state index contributed by atoms with van der Waals surface area (Å²) in [6, 6.07) is 8.52. The lowest BCUT2D eigenvalue weighted by molar-refractivity contribution is -0.140. The van der Waals surface area contributed by atoms with Crippen molar-refractivity contribution >= 4 is 40.7 Å². The Morgan fingerprint density at radius 2 is 2.27 bits per heavy atom. The van der Waals surface area contributed by atoms with Crippen LogP contribution in [0.15, 0.2) is 29.4 Å². The number of hydrogen-bond donors (Lipinski definition) is 1. The van der Waals surface area contributed by atoms with Crippen LogP contribution in [0.2, 0.25) is 5.02 Å². The highest BCUT2D eigenvalue weighted by Crippen LogP contribution is 2.87. The van der Waals surface area contributed by atoms with E-state index in [0.29, 0.717) is 29.8 Å². The molecule has 2 unspecified atom stereocenters. The molecule has 2 saturated heterocycles. The smallest absolute Gasteiger partial charge is 0.349 e. The summed E-state index contributed by atoms with van der Waals surface area (Å²) in [6.45, 7) is 2.19. The molecular formula is C15H15Cl2N3O2. The maximum Gasteiger partial charge on any atom is 0.349 e. The largest absolute Gasteiger partial charge is 0.384 e. The van der Waals surface area contributed by atoms with Crippen molar-refractivity contribution in [1.82, 2.24) is 0 Å². The summed E-state index contributed by atoms with van der Waals surface area (Å²) in [4.78, 5) is 18.2. The quantitative estimate of drug-likeness (QED) is 0.300. The minimum Gasteiger partial charge on any atom is -0.384 e. The number of nitrogens with two attached hydrogens (primary N) is 1. The molecule has 1 aromatic carbocycles. The Kier molecular flexibility index (Phi) is 2.91. The zero-order chi connectivity index (χ0) is 15.6. The van der Waals surface area contributed by atoms with E-state index in [9.17, 15) is 4.79 Å². The molecule has 0 radical (unpaired) electrons. The fraction of sp³-hybridized carbons (Fsp3) is 0.467. The van der Waals surface area contributed by atoms with Gasteiger partial charge in [-0.3, -0.25) is 0 Å². The van der Waals surface area contributed by atoms with E-state index in [1.807, 2.05) is 18.2 Å². The number of fused-ring (bicyclic) bond motifs is 1. The van der Waals surface area contributed by atoms with Crippen LogP contribution in [0.25, 0.3) is 0 Å². The van der Waals surface area contributed by atoms with Crippen molar-refractivity contribution in [2.24, 2.45) is 28.1 Å². The van der Waals surface area contributed by atoms with Gasteiger partial charge in [0, 0.05) is 28.7 Å². The summed E-state index contributed by atoms with van der Waals surface area (Å²) in [5.74, 6) is 0.550. The van der Waals surface area contributed by atoms with E-state index < -0.39 is 5.97 Å². The predicted molar refractivity (Wildman–Crippen MR) is 85.0 cm³/mol. The summed E-state index contributed by atoms with van der Waals surface area (Å²) < 4.78 is 0. The number of hydrogen-bond acceptors (Lipinski definition) is 4. The van der Waals surface area contributed by atoms with Gasteiger partial charge in [-0.05, 0) is 31.0 Å². The highest BCUT2D eigenvalue weighted by molar-refractivity contribution is 6.30. The SMILES string of the molecule is CC1[C@@H]2[C@@H]3C(N1c1cccc(Cl)c1)[C@@]23/C(N)=N/OC(=O)CCl. The van der Waals surface area contributed by atoms with Crippen LogP contribution < -0.4 is 10.6 Å². The van der Waals surface area contributed by atoms with Gasteiger partial charge in [0.05, 0.1) is 5.41 Å². The third-order valence-corrected chi connectivity index (χ3v) is 5.72. The minimum atomic E-state index is -0.592. The summed E-state index contributed by atoms with van der Waals surface area (Å²) >= 11 is 11.5. The topological polar surface area (TPSA) is 67.9 Å². The number of oxime groups is 1. The van der Waals surface area contributed by atoms with Crippen molar-refractivity contribution in [3.05, 3.63) is 29.3 Å². The first-order chi connectivity index (χ1) is 10.5. The van der Waals surface area contributed by atoms with E-state index >= 15 is 0 Å². The van der Waals surface area contributed by atoms with Gasteiger partial charge in [-0.2, -0.15) is 0 Å². The van der Waals surface area contributed by atoms with Gasteiger partial charge in [0.1, 0.15) is 11.7 Å². The number of halogens is 2. The van der Waals surface area contributed by atoms with Crippen LogP contribution in [0.1, 0.15) is 6.92 Å². The molecule has 7 heteroatoms. The van der Waals surface area contributed by atoms with E-state index in [4.69, 9.17) is 33.8 Å². The van der Waals surface area contributed by atoms with Gasteiger partial charge < -0.3 is 15.5 Å². The average Bonchev–Trinajstić information content (AvgIpc) is 3.30. The van der Waals surface area contributed by atoms with Gasteiger partial charge in [-0.1, -0.05) is 22.8 Å². The molecule has 5 rings (SSSR count). The van der Waals surface area contributed by atoms with E-state index in [0.717, 1.165) is 10.7 Å². The third-order valence-electron chi connectivity index (χ3n) is 5.26. The highest BCUT2D eigenvalue weighted by Gasteiger charge is 2.96. The van der Waals surface area contributed by atoms with Crippen molar-refractivity contribution in [3.63, 3.8) is 0 Å². The van der Waals surface area contributed by atoms with Gasteiger partial charge in [0.25, 0.3) is 0 Å². The number of nitrogens with zero attached hydrogens (tertiary/aromatic N) is 2. The molecule has 4 fully saturated rings. The Morgan fingerprint density at radius 1 is 1.50 bits per heavy atom. The maximum atomic E-state index is 11.1.